The largest absolute Gasteiger partial charge is 0.481 e. The number of halogens is 1. The van der Waals surface area contributed by atoms with Gasteiger partial charge in [0.1, 0.15) is 10.7 Å². The van der Waals surface area contributed by atoms with Gasteiger partial charge in [-0.05, 0) is 18.2 Å². The van der Waals surface area contributed by atoms with Crippen molar-refractivity contribution < 1.29 is 14.7 Å². The molecule has 4 rings (SSSR count). The number of thiazole rings is 1. The van der Waals surface area contributed by atoms with E-state index in [-0.39, 0.29) is 35.1 Å². The van der Waals surface area contributed by atoms with E-state index in [4.69, 9.17) is 16.7 Å². The minimum Gasteiger partial charge on any atom is -0.481 e. The first-order chi connectivity index (χ1) is 15.2. The van der Waals surface area contributed by atoms with Gasteiger partial charge in [0.2, 0.25) is 5.91 Å². The number of rotatable bonds is 6. The zero-order valence-corrected chi connectivity index (χ0v) is 18.2. The number of aromatic nitrogens is 4. The molecular formula is C20H16ClN5O5S. The summed E-state index contributed by atoms with van der Waals surface area (Å²) in [5.74, 6) is -1.33. The molecule has 0 aliphatic carbocycles. The Kier molecular flexibility index (Phi) is 5.68. The van der Waals surface area contributed by atoms with E-state index in [9.17, 15) is 19.2 Å². The van der Waals surface area contributed by atoms with Crippen LogP contribution in [-0.2, 0) is 16.1 Å². The molecule has 0 saturated heterocycles. The summed E-state index contributed by atoms with van der Waals surface area (Å²) >= 11 is 7.66. The van der Waals surface area contributed by atoms with Crippen LogP contribution in [0.2, 0.25) is 5.15 Å². The molecule has 32 heavy (non-hydrogen) atoms. The third-order valence-corrected chi connectivity index (χ3v) is 5.68. The maximum atomic E-state index is 13.0. The fourth-order valence-electron chi connectivity index (χ4n) is 3.25. The van der Waals surface area contributed by atoms with E-state index >= 15 is 0 Å². The Morgan fingerprint density at radius 3 is 2.62 bits per heavy atom. The number of carboxylic acids is 1. The van der Waals surface area contributed by atoms with E-state index in [2.05, 4.69) is 15.3 Å². The number of hydrogen-bond acceptors (Lipinski definition) is 6. The van der Waals surface area contributed by atoms with Gasteiger partial charge in [-0.25, -0.2) is 9.78 Å². The highest BCUT2D eigenvalue weighted by Crippen LogP contribution is 2.28. The molecule has 0 unspecified atom stereocenters. The number of fused-ring (bicyclic) bond motifs is 1. The third kappa shape index (κ3) is 4.07. The van der Waals surface area contributed by atoms with Crippen molar-refractivity contribution in [1.82, 2.24) is 19.1 Å². The van der Waals surface area contributed by atoms with Gasteiger partial charge in [-0.2, -0.15) is 0 Å². The van der Waals surface area contributed by atoms with Gasteiger partial charge in [-0.3, -0.25) is 23.5 Å². The zero-order valence-electron chi connectivity index (χ0n) is 16.6. The number of amides is 1. The Morgan fingerprint density at radius 2 is 1.97 bits per heavy atom. The molecule has 12 heteroatoms. The third-order valence-electron chi connectivity index (χ3n) is 4.65. The lowest BCUT2D eigenvalue weighted by molar-refractivity contribution is -0.137. The molecule has 0 saturated carbocycles. The number of benzene rings is 1. The van der Waals surface area contributed by atoms with Crippen LogP contribution in [0.4, 0.5) is 5.13 Å². The average molecular weight is 474 g/mol. The first-order valence-electron chi connectivity index (χ1n) is 9.34. The zero-order chi connectivity index (χ0) is 23.0. The van der Waals surface area contributed by atoms with Crippen molar-refractivity contribution in [2.24, 2.45) is 0 Å². The first kappa shape index (κ1) is 21.5. The quantitative estimate of drug-likeness (QED) is 0.393. The number of carbonyl (C=O) groups is 2. The van der Waals surface area contributed by atoms with E-state index in [0.29, 0.717) is 16.5 Å². The minimum absolute atomic E-state index is 0.134. The molecule has 1 aromatic carbocycles. The van der Waals surface area contributed by atoms with E-state index in [0.717, 1.165) is 10.1 Å². The molecule has 0 aliphatic heterocycles. The van der Waals surface area contributed by atoms with Crippen LogP contribution in [0.3, 0.4) is 0 Å². The van der Waals surface area contributed by atoms with Crippen LogP contribution in [0.25, 0.3) is 28.0 Å². The Labute approximate surface area is 188 Å². The second kappa shape index (κ2) is 8.44. The Hall–Kier alpha value is -3.70. The normalized spacial score (nSPS) is 11.1. The Morgan fingerprint density at radius 1 is 1.25 bits per heavy atom. The Balaban J connectivity index is 1.75. The van der Waals surface area contributed by atoms with Crippen LogP contribution in [-0.4, -0.2) is 36.1 Å². The summed E-state index contributed by atoms with van der Waals surface area (Å²) in [6, 6.07) is 8.53. The number of carbonyl (C=O) groups excluding carboxylic acids is 1. The van der Waals surface area contributed by atoms with E-state index in [1.54, 1.807) is 24.3 Å². The maximum Gasteiger partial charge on any atom is 0.328 e. The van der Waals surface area contributed by atoms with Crippen LogP contribution in [0, 0.1) is 0 Å². The summed E-state index contributed by atoms with van der Waals surface area (Å²) in [6.45, 7) is 1.14. The van der Waals surface area contributed by atoms with Crippen LogP contribution < -0.4 is 16.6 Å². The summed E-state index contributed by atoms with van der Waals surface area (Å²) < 4.78 is 2.33. The first-order valence-corrected chi connectivity index (χ1v) is 10.6. The summed E-state index contributed by atoms with van der Waals surface area (Å²) in [5, 5.41) is 14.0. The average Bonchev–Trinajstić information content (AvgIpc) is 3.31. The van der Waals surface area contributed by atoms with Crippen LogP contribution >= 0.6 is 22.9 Å². The number of H-pyrrole nitrogens is 1. The highest BCUT2D eigenvalue weighted by Gasteiger charge is 2.17. The molecule has 0 fully saturated rings. The van der Waals surface area contributed by atoms with Crippen molar-refractivity contribution in [3.63, 3.8) is 0 Å². The molecular weight excluding hydrogens is 458 g/mol. The smallest absolute Gasteiger partial charge is 0.328 e. The fourth-order valence-corrected chi connectivity index (χ4v) is 4.30. The highest BCUT2D eigenvalue weighted by atomic mass is 35.5. The van der Waals surface area contributed by atoms with Gasteiger partial charge in [0.05, 0.1) is 17.6 Å². The van der Waals surface area contributed by atoms with Crippen molar-refractivity contribution in [3.05, 3.63) is 61.7 Å². The monoisotopic (exact) mass is 473 g/mol. The van der Waals surface area contributed by atoms with Gasteiger partial charge in [-0.1, -0.05) is 23.7 Å². The Bertz CT molecular complexity index is 1460. The second-order valence-corrected chi connectivity index (χ2v) is 8.11. The summed E-state index contributed by atoms with van der Waals surface area (Å²) in [5.41, 5.74) is 1.08. The lowest BCUT2D eigenvalue weighted by atomic mass is 10.1. The minimum atomic E-state index is -1.12. The fraction of sp³-hybridized carbons (Fsp3) is 0.150. The topological polar surface area (TPSA) is 139 Å². The molecule has 4 aromatic rings. The molecule has 0 spiro atoms. The van der Waals surface area contributed by atoms with Crippen LogP contribution in [0.15, 0.2) is 45.3 Å². The molecule has 3 aromatic heterocycles. The molecule has 0 radical (unpaired) electrons. The van der Waals surface area contributed by atoms with Crippen LogP contribution in [0.1, 0.15) is 13.3 Å². The number of aromatic amines is 1. The number of carboxylic acid groups (broad SMARTS) is 1. The van der Waals surface area contributed by atoms with Gasteiger partial charge in [0.25, 0.3) is 5.56 Å². The number of nitrogens with one attached hydrogen (secondary N) is 2. The van der Waals surface area contributed by atoms with Crippen molar-refractivity contribution in [1.29, 1.82) is 0 Å². The van der Waals surface area contributed by atoms with Gasteiger partial charge in [0.15, 0.2) is 5.13 Å². The lowest BCUT2D eigenvalue weighted by Crippen LogP contribution is -2.36. The summed E-state index contributed by atoms with van der Waals surface area (Å²) in [7, 11) is 0. The van der Waals surface area contributed by atoms with Crippen molar-refractivity contribution in [2.75, 3.05) is 5.32 Å². The van der Waals surface area contributed by atoms with Crippen molar-refractivity contribution >= 4 is 51.0 Å². The molecule has 1 amide bonds. The van der Waals surface area contributed by atoms with Crippen LogP contribution in [0.5, 0.6) is 0 Å². The highest BCUT2D eigenvalue weighted by molar-refractivity contribution is 7.14. The molecule has 3 N–H and O–H groups in total. The van der Waals surface area contributed by atoms with Crippen molar-refractivity contribution in [2.45, 2.75) is 19.9 Å². The number of nitrogens with zero attached hydrogens (tertiary/aromatic N) is 3. The summed E-state index contributed by atoms with van der Waals surface area (Å²) in [6.07, 6.45) is -0.369. The predicted octanol–water partition coefficient (Wildman–Crippen LogP) is 2.69. The van der Waals surface area contributed by atoms with Gasteiger partial charge in [0, 0.05) is 30.1 Å². The second-order valence-electron chi connectivity index (χ2n) is 6.86. The molecule has 164 valence electrons. The van der Waals surface area contributed by atoms with Crippen molar-refractivity contribution in [3.8, 4) is 16.9 Å². The maximum absolute atomic E-state index is 13.0. The van der Waals surface area contributed by atoms with E-state index in [1.807, 2.05) is 5.38 Å². The van der Waals surface area contributed by atoms with Gasteiger partial charge in [-0.15, -0.1) is 11.3 Å². The van der Waals surface area contributed by atoms with E-state index in [1.165, 1.54) is 28.9 Å². The van der Waals surface area contributed by atoms with Gasteiger partial charge >= 0.3 is 11.7 Å². The standard InChI is InChI=1S/C20H16ClN5O5S/c1-10(27)22-19-23-14(9-32-19)11-2-4-12(5-3-11)26-15(21)8-13-17(26)18(30)25(20(31)24-13)7-6-16(28)29/h2-5,8-9H,6-7H2,1H3,(H,24,31)(H,28,29)(H,22,23,27). The molecule has 0 atom stereocenters. The molecule has 3 heterocycles. The number of aliphatic carboxylic acids is 1. The molecule has 0 aliphatic rings. The SMILES string of the molecule is CC(=O)Nc1nc(-c2ccc(-n3c(Cl)cc4[nH]c(=O)n(CCC(=O)O)c(=O)c43)cc2)cs1. The lowest BCUT2D eigenvalue weighted by Gasteiger charge is -2.09. The molecule has 0 bridgehead atoms. The number of hydrogen-bond donors (Lipinski definition) is 3. The summed E-state index contributed by atoms with van der Waals surface area (Å²) in [4.78, 5) is 54.2. The van der Waals surface area contributed by atoms with E-state index < -0.39 is 17.2 Å². The molecule has 10 nitrogen and oxygen atoms in total. The predicted molar refractivity (Wildman–Crippen MR) is 121 cm³/mol. The number of anilines is 1. The van der Waals surface area contributed by atoms with Gasteiger partial charge < -0.3 is 15.4 Å².